The van der Waals surface area contributed by atoms with Gasteiger partial charge in [0, 0.05) is 6.42 Å². The average Bonchev–Trinajstić information content (AvgIpc) is 2.35. The van der Waals surface area contributed by atoms with Gasteiger partial charge in [-0.25, -0.2) is 14.0 Å². The van der Waals surface area contributed by atoms with Gasteiger partial charge in [0.05, 0.1) is 0 Å². The number of alkyl halides is 1. The van der Waals surface area contributed by atoms with E-state index < -0.39 is 23.8 Å². The van der Waals surface area contributed by atoms with Crippen LogP contribution in [0.3, 0.4) is 0 Å². The first kappa shape index (κ1) is 15.9. The lowest BCUT2D eigenvalue weighted by atomic mass is 10.0. The van der Waals surface area contributed by atoms with E-state index in [1.807, 2.05) is 6.07 Å². The number of carbonyl (C=O) groups is 2. The largest absolute Gasteiger partial charge is 0.480 e. The van der Waals surface area contributed by atoms with Gasteiger partial charge in [-0.05, 0) is 19.4 Å². The fraction of sp³-hybridized carbons (Fsp3) is 0.429. The van der Waals surface area contributed by atoms with E-state index in [9.17, 15) is 14.0 Å². The Labute approximate surface area is 116 Å². The van der Waals surface area contributed by atoms with Crippen molar-refractivity contribution in [2.45, 2.75) is 38.6 Å². The fourth-order valence-electron chi connectivity index (χ4n) is 1.59. The number of amides is 1. The molecule has 20 heavy (non-hydrogen) atoms. The molecule has 2 N–H and O–H groups in total. The Bertz CT molecular complexity index is 456. The maximum atomic E-state index is 13.4. The van der Waals surface area contributed by atoms with E-state index in [0.717, 1.165) is 5.56 Å². The minimum Gasteiger partial charge on any atom is -0.480 e. The van der Waals surface area contributed by atoms with Crippen LogP contribution >= 0.6 is 0 Å². The molecular weight excluding hydrogens is 265 g/mol. The highest BCUT2D eigenvalue weighted by molar-refractivity contribution is 5.79. The molecule has 1 rings (SSSR count). The zero-order chi connectivity index (χ0) is 15.2. The molecule has 1 aromatic carbocycles. The summed E-state index contributed by atoms with van der Waals surface area (Å²) in [5.41, 5.74) is -0.921. The summed E-state index contributed by atoms with van der Waals surface area (Å²) in [5, 5.41) is 11.1. The normalized spacial score (nSPS) is 12.6. The molecule has 0 fully saturated rings. The highest BCUT2D eigenvalue weighted by atomic mass is 19.1. The van der Waals surface area contributed by atoms with Crippen LogP contribution in [0.4, 0.5) is 9.18 Å². The Morgan fingerprint density at radius 1 is 1.35 bits per heavy atom. The zero-order valence-electron chi connectivity index (χ0n) is 11.4. The van der Waals surface area contributed by atoms with Crippen molar-refractivity contribution in [1.29, 1.82) is 0 Å². The van der Waals surface area contributed by atoms with E-state index in [-0.39, 0.29) is 13.0 Å². The molecule has 0 aliphatic carbocycles. The highest BCUT2D eigenvalue weighted by Crippen LogP contribution is 2.16. The number of hydrogen-bond acceptors (Lipinski definition) is 3. The molecule has 0 saturated carbocycles. The second-order valence-corrected chi connectivity index (χ2v) is 5.02. The number of ether oxygens (including phenoxy) is 1. The van der Waals surface area contributed by atoms with Crippen LogP contribution < -0.4 is 5.32 Å². The minimum atomic E-state index is -1.70. The molecule has 0 radical (unpaired) electrons. The second kappa shape index (κ2) is 6.88. The van der Waals surface area contributed by atoms with Crippen LogP contribution in [0.15, 0.2) is 30.3 Å². The standard InChI is InChI=1S/C14H18FNO4/c1-14(2,15)8-11(12(17)18)16-13(19)20-9-10-6-4-3-5-7-10/h3-7,11H,8-9H2,1-2H3,(H,16,19)(H,17,18)/t11-/m1/s1. The third-order valence-corrected chi connectivity index (χ3v) is 2.49. The fourth-order valence-corrected chi connectivity index (χ4v) is 1.59. The van der Waals surface area contributed by atoms with Crippen molar-refractivity contribution in [3.05, 3.63) is 35.9 Å². The Balaban J connectivity index is 2.48. The summed E-state index contributed by atoms with van der Waals surface area (Å²) in [4.78, 5) is 22.4. The van der Waals surface area contributed by atoms with Crippen molar-refractivity contribution < 1.29 is 23.8 Å². The Kier molecular flexibility index (Phi) is 5.49. The van der Waals surface area contributed by atoms with Crippen LogP contribution in [0.1, 0.15) is 25.8 Å². The summed E-state index contributed by atoms with van der Waals surface area (Å²) >= 11 is 0. The van der Waals surface area contributed by atoms with Crippen molar-refractivity contribution in [2.75, 3.05) is 0 Å². The summed E-state index contributed by atoms with van der Waals surface area (Å²) in [6.07, 6.45) is -1.21. The zero-order valence-corrected chi connectivity index (χ0v) is 11.4. The van der Waals surface area contributed by atoms with Gasteiger partial charge < -0.3 is 15.2 Å². The van der Waals surface area contributed by atoms with E-state index >= 15 is 0 Å². The van der Waals surface area contributed by atoms with Crippen molar-refractivity contribution in [3.63, 3.8) is 0 Å². The maximum absolute atomic E-state index is 13.4. The first-order valence-electron chi connectivity index (χ1n) is 6.17. The molecule has 0 aliphatic rings. The molecule has 0 spiro atoms. The predicted molar refractivity (Wildman–Crippen MR) is 71.0 cm³/mol. The number of benzene rings is 1. The van der Waals surface area contributed by atoms with Gasteiger partial charge in [0.2, 0.25) is 0 Å². The van der Waals surface area contributed by atoms with Crippen LogP contribution in [0.5, 0.6) is 0 Å². The van der Waals surface area contributed by atoms with Gasteiger partial charge >= 0.3 is 12.1 Å². The minimum absolute atomic E-state index is 0.0258. The molecule has 110 valence electrons. The van der Waals surface area contributed by atoms with Crippen LogP contribution in [0, 0.1) is 0 Å². The second-order valence-electron chi connectivity index (χ2n) is 5.02. The summed E-state index contributed by atoms with van der Waals surface area (Å²) in [5.74, 6) is -1.30. The van der Waals surface area contributed by atoms with Gasteiger partial charge in [-0.2, -0.15) is 0 Å². The van der Waals surface area contributed by atoms with Crippen LogP contribution in [0.25, 0.3) is 0 Å². The van der Waals surface area contributed by atoms with E-state index in [1.54, 1.807) is 24.3 Å². The van der Waals surface area contributed by atoms with Gasteiger partial charge in [-0.15, -0.1) is 0 Å². The number of nitrogens with one attached hydrogen (secondary N) is 1. The van der Waals surface area contributed by atoms with Crippen molar-refractivity contribution in [2.24, 2.45) is 0 Å². The predicted octanol–water partition coefficient (Wildman–Crippen LogP) is 2.50. The topological polar surface area (TPSA) is 75.6 Å². The van der Waals surface area contributed by atoms with Gasteiger partial charge in [0.25, 0.3) is 0 Å². The number of carboxylic acids is 1. The van der Waals surface area contributed by atoms with Crippen LogP contribution in [-0.2, 0) is 16.1 Å². The molecule has 0 bridgehead atoms. The Morgan fingerprint density at radius 3 is 2.45 bits per heavy atom. The summed E-state index contributed by atoms with van der Waals surface area (Å²) in [7, 11) is 0. The van der Waals surface area contributed by atoms with Crippen molar-refractivity contribution in [1.82, 2.24) is 5.32 Å². The van der Waals surface area contributed by atoms with Crippen LogP contribution in [0.2, 0.25) is 0 Å². The highest BCUT2D eigenvalue weighted by Gasteiger charge is 2.29. The molecule has 1 amide bonds. The van der Waals surface area contributed by atoms with Gasteiger partial charge in [-0.3, -0.25) is 0 Å². The number of alkyl carbamates (subject to hydrolysis) is 1. The van der Waals surface area contributed by atoms with E-state index in [0.29, 0.717) is 0 Å². The molecule has 1 atom stereocenters. The molecule has 0 unspecified atom stereocenters. The lowest BCUT2D eigenvalue weighted by Gasteiger charge is -2.20. The number of carboxylic acid groups (broad SMARTS) is 1. The van der Waals surface area contributed by atoms with Gasteiger partial charge in [0.1, 0.15) is 18.3 Å². The Hall–Kier alpha value is -2.11. The number of halogens is 1. The maximum Gasteiger partial charge on any atom is 0.408 e. The first-order valence-corrected chi connectivity index (χ1v) is 6.17. The monoisotopic (exact) mass is 283 g/mol. The third kappa shape index (κ3) is 6.17. The smallest absolute Gasteiger partial charge is 0.408 e. The van der Waals surface area contributed by atoms with Crippen molar-refractivity contribution in [3.8, 4) is 0 Å². The molecular formula is C14H18FNO4. The van der Waals surface area contributed by atoms with E-state index in [4.69, 9.17) is 9.84 Å². The quantitative estimate of drug-likeness (QED) is 0.841. The van der Waals surface area contributed by atoms with Crippen LogP contribution in [-0.4, -0.2) is 28.9 Å². The van der Waals surface area contributed by atoms with E-state index in [2.05, 4.69) is 5.32 Å². The molecule has 1 aromatic rings. The lowest BCUT2D eigenvalue weighted by Crippen LogP contribution is -2.44. The third-order valence-electron chi connectivity index (χ3n) is 2.49. The van der Waals surface area contributed by atoms with Gasteiger partial charge in [-0.1, -0.05) is 30.3 Å². The molecule has 5 nitrogen and oxygen atoms in total. The molecule has 0 heterocycles. The summed E-state index contributed by atoms with van der Waals surface area (Å²) in [6.45, 7) is 2.53. The summed E-state index contributed by atoms with van der Waals surface area (Å²) < 4.78 is 18.3. The SMILES string of the molecule is CC(C)(F)C[C@@H](NC(=O)OCc1ccccc1)C(=O)O. The number of aliphatic carboxylic acids is 1. The van der Waals surface area contributed by atoms with Crippen molar-refractivity contribution >= 4 is 12.1 Å². The number of carbonyl (C=O) groups excluding carboxylic acids is 1. The van der Waals surface area contributed by atoms with E-state index in [1.165, 1.54) is 13.8 Å². The number of hydrogen-bond donors (Lipinski definition) is 2. The average molecular weight is 283 g/mol. The lowest BCUT2D eigenvalue weighted by molar-refractivity contribution is -0.140. The number of rotatable bonds is 6. The van der Waals surface area contributed by atoms with Gasteiger partial charge in [0.15, 0.2) is 0 Å². The Morgan fingerprint density at radius 2 is 1.95 bits per heavy atom. The molecule has 0 aliphatic heterocycles. The molecule has 0 saturated heterocycles. The molecule has 6 heteroatoms. The summed E-state index contributed by atoms with van der Waals surface area (Å²) in [6, 6.07) is 7.63. The first-order chi connectivity index (χ1) is 9.28. The molecule has 0 aromatic heterocycles.